The van der Waals surface area contributed by atoms with Crippen LogP contribution in [0.25, 0.3) is 0 Å². The SMILES string of the molecule is C=N[C@@](C)(NC)C(=O)N[C@@H](CC1CCCCC1)C(=O)N1CC[C@H]2CCN(CCc3ccccc3)C[C@H]21. The third-order valence-corrected chi connectivity index (χ3v) is 8.93. The Labute approximate surface area is 217 Å². The van der Waals surface area contributed by atoms with Gasteiger partial charge in [0, 0.05) is 25.7 Å². The zero-order valence-corrected chi connectivity index (χ0v) is 22.3. The Morgan fingerprint density at radius 3 is 2.53 bits per heavy atom. The summed E-state index contributed by atoms with van der Waals surface area (Å²) < 4.78 is 0. The van der Waals surface area contributed by atoms with Crippen LogP contribution in [-0.2, 0) is 16.0 Å². The monoisotopic (exact) mass is 495 g/mol. The van der Waals surface area contributed by atoms with Gasteiger partial charge in [-0.2, -0.15) is 0 Å². The lowest BCUT2D eigenvalue weighted by molar-refractivity contribution is -0.140. The van der Waals surface area contributed by atoms with Crippen molar-refractivity contribution in [2.45, 2.75) is 82.5 Å². The van der Waals surface area contributed by atoms with E-state index in [0.717, 1.165) is 58.3 Å². The van der Waals surface area contributed by atoms with E-state index in [-0.39, 0.29) is 17.9 Å². The van der Waals surface area contributed by atoms with E-state index in [1.54, 1.807) is 14.0 Å². The summed E-state index contributed by atoms with van der Waals surface area (Å²) >= 11 is 0. The van der Waals surface area contributed by atoms with Crippen LogP contribution in [0.2, 0.25) is 0 Å². The van der Waals surface area contributed by atoms with Gasteiger partial charge in [0.15, 0.2) is 5.66 Å². The molecule has 1 aromatic carbocycles. The average molecular weight is 496 g/mol. The van der Waals surface area contributed by atoms with Gasteiger partial charge < -0.3 is 15.1 Å². The minimum absolute atomic E-state index is 0.0915. The molecule has 3 aliphatic rings. The Morgan fingerprint density at radius 2 is 1.83 bits per heavy atom. The summed E-state index contributed by atoms with van der Waals surface area (Å²) in [4.78, 5) is 35.8. The molecule has 0 bridgehead atoms. The van der Waals surface area contributed by atoms with Crippen molar-refractivity contribution in [3.05, 3.63) is 35.9 Å². The zero-order valence-electron chi connectivity index (χ0n) is 22.3. The van der Waals surface area contributed by atoms with Crippen LogP contribution in [-0.4, -0.2) is 79.3 Å². The molecule has 36 heavy (non-hydrogen) atoms. The van der Waals surface area contributed by atoms with Crippen LogP contribution < -0.4 is 10.6 Å². The molecular formula is C29H45N5O2. The summed E-state index contributed by atoms with van der Waals surface area (Å²) in [5, 5.41) is 6.05. The maximum Gasteiger partial charge on any atom is 0.263 e. The van der Waals surface area contributed by atoms with E-state index in [1.807, 2.05) is 0 Å². The highest BCUT2D eigenvalue weighted by Gasteiger charge is 2.43. The van der Waals surface area contributed by atoms with Gasteiger partial charge in [-0.05, 0) is 70.3 Å². The van der Waals surface area contributed by atoms with E-state index >= 15 is 0 Å². The van der Waals surface area contributed by atoms with Crippen molar-refractivity contribution in [2.24, 2.45) is 16.8 Å². The number of likely N-dealkylation sites (N-methyl/N-ethyl adjacent to an activating group) is 1. The summed E-state index contributed by atoms with van der Waals surface area (Å²) in [5.74, 6) is 0.856. The lowest BCUT2D eigenvalue weighted by Gasteiger charge is -2.40. The molecule has 1 aliphatic carbocycles. The molecular weight excluding hydrogens is 450 g/mol. The van der Waals surface area contributed by atoms with Crippen LogP contribution in [0.3, 0.4) is 0 Å². The third-order valence-electron chi connectivity index (χ3n) is 8.93. The standard InChI is InChI=1S/C29H45N5O2/c1-29(30-2,31-3)28(36)32-25(20-23-12-8-5-9-13-23)27(35)34-19-16-24-15-18-33(21-26(24)34)17-14-22-10-6-4-7-11-22/h4,6-7,10-11,23-26,31H,2,5,8-9,12-21H2,1,3H3,(H,32,36)/t24-,25+,26-,29+/m1/s1. The molecule has 4 atom stereocenters. The first kappa shape index (κ1) is 26.8. The number of hydrogen-bond donors (Lipinski definition) is 2. The van der Waals surface area contributed by atoms with Gasteiger partial charge in [0.25, 0.3) is 5.91 Å². The number of rotatable bonds is 10. The van der Waals surface area contributed by atoms with E-state index in [1.165, 1.54) is 24.8 Å². The fourth-order valence-corrected chi connectivity index (χ4v) is 6.36. The minimum Gasteiger partial charge on any atom is -0.341 e. The predicted molar refractivity (Wildman–Crippen MR) is 145 cm³/mol. The highest BCUT2D eigenvalue weighted by molar-refractivity contribution is 5.92. The van der Waals surface area contributed by atoms with E-state index in [2.05, 4.69) is 62.5 Å². The molecule has 2 aliphatic heterocycles. The number of fused-ring (bicyclic) bond motifs is 1. The number of aliphatic imine (C=N–C) groups is 1. The van der Waals surface area contributed by atoms with Crippen molar-refractivity contribution in [3.63, 3.8) is 0 Å². The van der Waals surface area contributed by atoms with Gasteiger partial charge in [0.05, 0.1) is 0 Å². The van der Waals surface area contributed by atoms with Gasteiger partial charge in [-0.25, -0.2) is 0 Å². The summed E-state index contributed by atoms with van der Waals surface area (Å²) in [6, 6.07) is 10.4. The van der Waals surface area contributed by atoms with Crippen molar-refractivity contribution in [1.29, 1.82) is 0 Å². The molecule has 0 aromatic heterocycles. The molecule has 2 heterocycles. The van der Waals surface area contributed by atoms with Crippen molar-refractivity contribution in [1.82, 2.24) is 20.4 Å². The first-order chi connectivity index (χ1) is 17.4. The number of nitrogens with zero attached hydrogens (tertiary/aromatic N) is 3. The average Bonchev–Trinajstić information content (AvgIpc) is 3.35. The molecule has 7 heteroatoms. The fourth-order valence-electron chi connectivity index (χ4n) is 6.36. The smallest absolute Gasteiger partial charge is 0.263 e. The van der Waals surface area contributed by atoms with Crippen molar-refractivity contribution in [3.8, 4) is 0 Å². The second-order valence-electron chi connectivity index (χ2n) is 11.2. The molecule has 0 spiro atoms. The van der Waals surface area contributed by atoms with Gasteiger partial charge in [-0.1, -0.05) is 62.4 Å². The van der Waals surface area contributed by atoms with Crippen molar-refractivity contribution >= 4 is 18.5 Å². The maximum absolute atomic E-state index is 14.0. The van der Waals surface area contributed by atoms with E-state index in [0.29, 0.717) is 18.3 Å². The van der Waals surface area contributed by atoms with Gasteiger partial charge in [-0.15, -0.1) is 0 Å². The number of amides is 2. The van der Waals surface area contributed by atoms with E-state index in [9.17, 15) is 9.59 Å². The molecule has 198 valence electrons. The third kappa shape index (κ3) is 6.35. The lowest BCUT2D eigenvalue weighted by Crippen LogP contribution is -2.59. The van der Waals surface area contributed by atoms with E-state index in [4.69, 9.17) is 0 Å². The summed E-state index contributed by atoms with van der Waals surface area (Å²) in [5.41, 5.74) is 0.218. The van der Waals surface area contributed by atoms with Crippen LogP contribution in [0.15, 0.2) is 35.3 Å². The van der Waals surface area contributed by atoms with Crippen molar-refractivity contribution < 1.29 is 9.59 Å². The van der Waals surface area contributed by atoms with Gasteiger partial charge in [0.1, 0.15) is 6.04 Å². The molecule has 3 fully saturated rings. The first-order valence-corrected chi connectivity index (χ1v) is 14.0. The highest BCUT2D eigenvalue weighted by Crippen LogP contribution is 2.34. The second kappa shape index (κ2) is 12.3. The van der Waals surface area contributed by atoms with Gasteiger partial charge >= 0.3 is 0 Å². The van der Waals surface area contributed by atoms with Crippen molar-refractivity contribution in [2.75, 3.05) is 33.2 Å². The van der Waals surface area contributed by atoms with Gasteiger partial charge in [0.2, 0.25) is 5.91 Å². The normalized spacial score (nSPS) is 25.6. The highest BCUT2D eigenvalue weighted by atomic mass is 16.2. The second-order valence-corrected chi connectivity index (χ2v) is 11.2. The number of nitrogens with one attached hydrogen (secondary N) is 2. The van der Waals surface area contributed by atoms with Gasteiger partial charge in [-0.3, -0.25) is 19.9 Å². The maximum atomic E-state index is 14.0. The molecule has 7 nitrogen and oxygen atoms in total. The molecule has 2 amide bonds. The Kier molecular flexibility index (Phi) is 9.18. The molecule has 2 saturated heterocycles. The topological polar surface area (TPSA) is 77.0 Å². The lowest BCUT2D eigenvalue weighted by atomic mass is 9.84. The predicted octanol–water partition coefficient (Wildman–Crippen LogP) is 3.24. The molecule has 0 radical (unpaired) electrons. The molecule has 2 N–H and O–H groups in total. The molecule has 4 rings (SSSR count). The Hall–Kier alpha value is -2.25. The number of carbonyl (C=O) groups excluding carboxylic acids is 2. The number of likely N-dealkylation sites (tertiary alicyclic amines) is 2. The summed E-state index contributed by atoms with van der Waals surface area (Å²) in [6.07, 6.45) is 9.94. The number of hydrogen-bond acceptors (Lipinski definition) is 5. The van der Waals surface area contributed by atoms with Crippen LogP contribution in [0.4, 0.5) is 0 Å². The molecule has 0 unspecified atom stereocenters. The largest absolute Gasteiger partial charge is 0.341 e. The quantitative estimate of drug-likeness (QED) is 0.489. The van der Waals surface area contributed by atoms with Crippen LogP contribution in [0.5, 0.6) is 0 Å². The first-order valence-electron chi connectivity index (χ1n) is 14.0. The van der Waals surface area contributed by atoms with Crippen LogP contribution >= 0.6 is 0 Å². The number of piperidine rings is 1. The molecule has 1 saturated carbocycles. The van der Waals surface area contributed by atoms with Crippen LogP contribution in [0, 0.1) is 11.8 Å². The van der Waals surface area contributed by atoms with E-state index < -0.39 is 11.7 Å². The zero-order chi connectivity index (χ0) is 25.5. The Balaban J connectivity index is 1.44. The Bertz CT molecular complexity index is 887. The van der Waals surface area contributed by atoms with Crippen LogP contribution in [0.1, 0.15) is 63.9 Å². The fraction of sp³-hybridized carbons (Fsp3) is 0.690. The summed E-state index contributed by atoms with van der Waals surface area (Å²) in [7, 11) is 1.70. The number of benzene rings is 1. The molecule has 1 aromatic rings. The minimum atomic E-state index is -1.14. The summed E-state index contributed by atoms with van der Waals surface area (Å²) in [6.45, 7) is 9.14. The number of carbonyl (C=O) groups is 2. The Morgan fingerprint density at radius 1 is 1.11 bits per heavy atom.